The molecule has 2 heterocycles. The number of likely N-dealkylation sites (N-methyl/N-ethyl adjacent to an activating group) is 1. The lowest BCUT2D eigenvalue weighted by atomic mass is 9.56. The number of carbonyl (C=O) groups excluding carboxylic acids is 1. The van der Waals surface area contributed by atoms with E-state index >= 15 is 0 Å². The number of piperidine rings is 1. The van der Waals surface area contributed by atoms with Gasteiger partial charge in [0, 0.05) is 23.6 Å². The van der Waals surface area contributed by atoms with E-state index in [0.717, 1.165) is 30.7 Å². The van der Waals surface area contributed by atoms with Crippen LogP contribution in [0.15, 0.2) is 23.8 Å². The van der Waals surface area contributed by atoms with Crippen LogP contribution in [0.25, 0.3) is 0 Å². The maximum atomic E-state index is 12.6. The third-order valence-corrected chi connectivity index (χ3v) is 6.12. The molecule has 5 rings (SSSR count). The smallest absolute Gasteiger partial charge is 0.178 e. The van der Waals surface area contributed by atoms with Crippen LogP contribution in [0.3, 0.4) is 0 Å². The van der Waals surface area contributed by atoms with E-state index in [0.29, 0.717) is 12.5 Å². The van der Waals surface area contributed by atoms with Gasteiger partial charge in [0.1, 0.15) is 5.75 Å². The van der Waals surface area contributed by atoms with Gasteiger partial charge in [-0.3, -0.25) is 9.69 Å². The number of hydrogen-bond acceptors (Lipinski definition) is 4. The number of nitrogens with zero attached hydrogens (tertiary/aromatic N) is 1. The first-order chi connectivity index (χ1) is 10.7. The molecule has 2 bridgehead atoms. The van der Waals surface area contributed by atoms with E-state index < -0.39 is 0 Å². The second-order valence-corrected chi connectivity index (χ2v) is 7.00. The Labute approximate surface area is 129 Å². The van der Waals surface area contributed by atoms with Gasteiger partial charge >= 0.3 is 0 Å². The van der Waals surface area contributed by atoms with Crippen molar-refractivity contribution >= 4 is 5.78 Å². The van der Waals surface area contributed by atoms with Gasteiger partial charge in [0.2, 0.25) is 0 Å². The molecule has 114 valence electrons. The highest BCUT2D eigenvalue weighted by atomic mass is 16.5. The van der Waals surface area contributed by atoms with Crippen LogP contribution in [0.4, 0.5) is 0 Å². The fraction of sp³-hybridized carbons (Fsp3) is 0.500. The Bertz CT molecular complexity index is 738. The lowest BCUT2D eigenvalue weighted by Crippen LogP contribution is -2.60. The summed E-state index contributed by atoms with van der Waals surface area (Å²) in [5.74, 6) is 0.967. The van der Waals surface area contributed by atoms with E-state index in [4.69, 9.17) is 4.74 Å². The van der Waals surface area contributed by atoms with Crippen molar-refractivity contribution in [3.8, 4) is 5.75 Å². The molecular weight excluding hydrogens is 278 g/mol. The van der Waals surface area contributed by atoms with E-state index in [9.17, 15) is 9.90 Å². The first-order valence-electron chi connectivity index (χ1n) is 8.03. The molecule has 0 radical (unpaired) electrons. The van der Waals surface area contributed by atoms with Gasteiger partial charge in [0.05, 0.1) is 12.0 Å². The summed E-state index contributed by atoms with van der Waals surface area (Å²) in [7, 11) is 2.17. The quantitative estimate of drug-likeness (QED) is 0.795. The predicted octanol–water partition coefficient (Wildman–Crippen LogP) is 1.34. The fourth-order valence-electron chi connectivity index (χ4n) is 5.12. The number of Topliss-reactive ketones (excluding diaryl/α,β-unsaturated/α-hetero) is 1. The molecule has 3 atom stereocenters. The summed E-state index contributed by atoms with van der Waals surface area (Å²) < 4.78 is 6.18. The third-order valence-electron chi connectivity index (χ3n) is 6.12. The highest BCUT2D eigenvalue weighted by Gasteiger charge is 2.62. The molecule has 4 nitrogen and oxygen atoms in total. The lowest BCUT2D eigenvalue weighted by Gasteiger charge is -2.52. The average molecular weight is 297 g/mol. The molecule has 4 heteroatoms. The van der Waals surface area contributed by atoms with E-state index in [-0.39, 0.29) is 23.9 Å². The van der Waals surface area contributed by atoms with Crippen molar-refractivity contribution in [1.82, 2.24) is 4.90 Å². The van der Waals surface area contributed by atoms with Gasteiger partial charge in [-0.25, -0.2) is 0 Å². The zero-order valence-electron chi connectivity index (χ0n) is 12.6. The number of benzene rings is 1. The van der Waals surface area contributed by atoms with E-state index in [1.54, 1.807) is 0 Å². The number of likely N-dealkylation sites (tertiary alicyclic amines) is 1. The normalized spacial score (nSPS) is 35.0. The van der Waals surface area contributed by atoms with Crippen LogP contribution in [0.2, 0.25) is 0 Å². The number of rotatable bonds is 1. The Kier molecular flexibility index (Phi) is 2.34. The van der Waals surface area contributed by atoms with Crippen LogP contribution in [0.5, 0.6) is 5.75 Å². The minimum absolute atomic E-state index is 0.0397. The van der Waals surface area contributed by atoms with Crippen molar-refractivity contribution in [2.45, 2.75) is 43.4 Å². The number of ether oxygens (including phenoxy) is 1. The minimum atomic E-state index is -0.384. The van der Waals surface area contributed by atoms with Crippen LogP contribution in [-0.2, 0) is 23.2 Å². The molecule has 2 aliphatic heterocycles. The number of allylic oxidation sites excluding steroid dienone is 1. The van der Waals surface area contributed by atoms with Gasteiger partial charge in [-0.05, 0) is 37.6 Å². The van der Waals surface area contributed by atoms with E-state index in [1.807, 2.05) is 6.07 Å². The van der Waals surface area contributed by atoms with Crippen molar-refractivity contribution in [1.29, 1.82) is 0 Å². The molecular formula is C18H19NO3. The van der Waals surface area contributed by atoms with Crippen LogP contribution < -0.4 is 4.74 Å². The summed E-state index contributed by atoms with van der Waals surface area (Å²) >= 11 is 0. The lowest BCUT2D eigenvalue weighted by molar-refractivity contribution is -0.128. The van der Waals surface area contributed by atoms with Gasteiger partial charge in [0.15, 0.2) is 11.9 Å². The number of aliphatic hydroxyl groups excluding tert-OH is 1. The van der Waals surface area contributed by atoms with Crippen molar-refractivity contribution < 1.29 is 14.6 Å². The average Bonchev–Trinajstić information content (AvgIpc) is 2.88. The summed E-state index contributed by atoms with van der Waals surface area (Å²) in [5.41, 5.74) is 4.42. The summed E-state index contributed by atoms with van der Waals surface area (Å²) in [6.07, 6.45) is 4.15. The molecule has 1 spiro atoms. The number of ketones is 1. The summed E-state index contributed by atoms with van der Waals surface area (Å²) in [6, 6.07) is 4.46. The third kappa shape index (κ3) is 1.25. The Morgan fingerprint density at radius 2 is 2.32 bits per heavy atom. The Hall–Kier alpha value is -1.65. The topological polar surface area (TPSA) is 49.8 Å². The fourth-order valence-corrected chi connectivity index (χ4v) is 5.12. The molecule has 2 aliphatic carbocycles. The number of aliphatic hydroxyl groups is 1. The SMILES string of the molecule is CN1CC[C@@]23C4=CCC(=O)[C@@H]2Oc2c(CO)ccc(c23)C[C@H]41. The molecule has 1 aromatic rings. The maximum absolute atomic E-state index is 12.6. The monoisotopic (exact) mass is 297 g/mol. The molecule has 1 N–H and O–H groups in total. The second kappa shape index (κ2) is 4.00. The molecule has 1 fully saturated rings. The zero-order valence-corrected chi connectivity index (χ0v) is 12.6. The van der Waals surface area contributed by atoms with Gasteiger partial charge in [-0.2, -0.15) is 0 Å². The number of hydrogen-bond donors (Lipinski definition) is 1. The molecule has 22 heavy (non-hydrogen) atoms. The Morgan fingerprint density at radius 3 is 3.14 bits per heavy atom. The second-order valence-electron chi connectivity index (χ2n) is 7.00. The highest BCUT2D eigenvalue weighted by Crippen LogP contribution is 2.60. The van der Waals surface area contributed by atoms with Crippen molar-refractivity contribution in [3.63, 3.8) is 0 Å². The first kappa shape index (κ1) is 12.9. The summed E-state index contributed by atoms with van der Waals surface area (Å²) in [5, 5.41) is 9.65. The minimum Gasteiger partial charge on any atom is -0.481 e. The molecule has 0 aromatic heterocycles. The largest absolute Gasteiger partial charge is 0.481 e. The van der Waals surface area contributed by atoms with Gasteiger partial charge in [0.25, 0.3) is 0 Å². The van der Waals surface area contributed by atoms with Gasteiger partial charge in [-0.15, -0.1) is 0 Å². The van der Waals surface area contributed by atoms with Crippen molar-refractivity contribution in [2.24, 2.45) is 0 Å². The number of carbonyl (C=O) groups is 1. The van der Waals surface area contributed by atoms with E-state index in [1.165, 1.54) is 16.7 Å². The van der Waals surface area contributed by atoms with Crippen LogP contribution in [0, 0.1) is 0 Å². The van der Waals surface area contributed by atoms with Crippen LogP contribution in [-0.4, -0.2) is 41.5 Å². The van der Waals surface area contributed by atoms with Crippen molar-refractivity contribution in [3.05, 3.63) is 40.5 Å². The maximum Gasteiger partial charge on any atom is 0.178 e. The molecule has 0 saturated carbocycles. The zero-order chi connectivity index (χ0) is 15.1. The summed E-state index contributed by atoms with van der Waals surface area (Å²) in [4.78, 5) is 15.0. The van der Waals surface area contributed by atoms with Crippen LogP contribution >= 0.6 is 0 Å². The van der Waals surface area contributed by atoms with Gasteiger partial charge in [-0.1, -0.05) is 18.2 Å². The Balaban J connectivity index is 1.86. The standard InChI is InChI=1S/C18H19NO3/c1-19-7-6-18-12-4-5-14(21)17(18)22-16-11(9-20)3-2-10(15(16)18)8-13(12)19/h2-4,13,17,20H,5-9H2,1H3/t13-,17+,18+/m1/s1. The summed E-state index contributed by atoms with van der Waals surface area (Å²) in [6.45, 7) is 0.944. The molecule has 0 unspecified atom stereocenters. The molecule has 1 saturated heterocycles. The Morgan fingerprint density at radius 1 is 1.45 bits per heavy atom. The molecule has 1 aromatic carbocycles. The predicted molar refractivity (Wildman–Crippen MR) is 80.9 cm³/mol. The highest BCUT2D eigenvalue weighted by molar-refractivity contribution is 5.92. The van der Waals surface area contributed by atoms with E-state index in [2.05, 4.69) is 24.1 Å². The van der Waals surface area contributed by atoms with Crippen LogP contribution in [0.1, 0.15) is 29.5 Å². The first-order valence-corrected chi connectivity index (χ1v) is 8.03. The molecule has 4 aliphatic rings. The van der Waals surface area contributed by atoms with Crippen molar-refractivity contribution in [2.75, 3.05) is 13.6 Å². The molecule has 0 amide bonds. The van der Waals surface area contributed by atoms with Gasteiger partial charge < -0.3 is 9.84 Å².